The number of halogens is 1. The first-order chi connectivity index (χ1) is 11.3. The molecule has 0 aliphatic carbocycles. The Labute approximate surface area is 151 Å². The van der Waals surface area contributed by atoms with Gasteiger partial charge in [0.05, 0.1) is 31.8 Å². The summed E-state index contributed by atoms with van der Waals surface area (Å²) in [6.07, 6.45) is 3.67. The predicted molar refractivity (Wildman–Crippen MR) is 99.2 cm³/mol. The number of benzene rings is 1. The average molecular weight is 394 g/mol. The van der Waals surface area contributed by atoms with Crippen LogP contribution in [0.4, 0.5) is 5.69 Å². The molecule has 130 valence electrons. The monoisotopic (exact) mass is 393 g/mol. The van der Waals surface area contributed by atoms with Gasteiger partial charge in [-0.25, -0.2) is 4.98 Å². The molecule has 24 heavy (non-hydrogen) atoms. The van der Waals surface area contributed by atoms with Crippen molar-refractivity contribution in [2.45, 2.75) is 26.7 Å². The van der Waals surface area contributed by atoms with Crippen LogP contribution in [0.5, 0.6) is 0 Å². The quantitative estimate of drug-likeness (QED) is 0.792. The molecule has 2 heterocycles. The summed E-state index contributed by atoms with van der Waals surface area (Å²) in [6.45, 7) is 6.38. The van der Waals surface area contributed by atoms with Crippen LogP contribution in [0.15, 0.2) is 35.2 Å². The van der Waals surface area contributed by atoms with E-state index < -0.39 is 0 Å². The molecule has 3 rings (SSSR count). The number of aromatic nitrogens is 2. The number of hydrogen-bond acceptors (Lipinski definition) is 4. The lowest BCUT2D eigenvalue weighted by molar-refractivity contribution is -0.226. The van der Waals surface area contributed by atoms with Crippen molar-refractivity contribution < 1.29 is 9.47 Å². The van der Waals surface area contributed by atoms with Crippen molar-refractivity contribution in [3.8, 4) is 11.3 Å². The van der Waals surface area contributed by atoms with E-state index in [0.29, 0.717) is 6.54 Å². The van der Waals surface area contributed by atoms with E-state index in [1.54, 1.807) is 0 Å². The maximum atomic E-state index is 5.80. The predicted octanol–water partition coefficient (Wildman–Crippen LogP) is 3.78. The molecule has 1 saturated heterocycles. The number of anilines is 1. The molecule has 1 aromatic carbocycles. The second-order valence-electron chi connectivity index (χ2n) is 7.23. The van der Waals surface area contributed by atoms with Crippen molar-refractivity contribution in [1.82, 2.24) is 9.55 Å². The van der Waals surface area contributed by atoms with E-state index in [1.165, 1.54) is 0 Å². The molecule has 1 aromatic heterocycles. The van der Waals surface area contributed by atoms with E-state index >= 15 is 0 Å². The standard InChI is InChI=1S/C18H24BrN3O2/c1-18(2)10-23-17(24-11-18)9-22-8-15(20-12-22)14-6-5-13(19)7-16(14)21(3)4/h5-8,12,17H,9-11H2,1-4H3. The van der Waals surface area contributed by atoms with Crippen molar-refractivity contribution in [2.75, 3.05) is 32.2 Å². The maximum Gasteiger partial charge on any atom is 0.175 e. The molecular formula is C18H24BrN3O2. The lowest BCUT2D eigenvalue weighted by Crippen LogP contribution is -2.39. The summed E-state index contributed by atoms with van der Waals surface area (Å²) in [5.41, 5.74) is 3.27. The number of imidazole rings is 1. The molecule has 0 amide bonds. The summed E-state index contributed by atoms with van der Waals surface area (Å²) in [5.74, 6) is 0. The molecule has 0 unspecified atom stereocenters. The van der Waals surface area contributed by atoms with E-state index in [1.807, 2.05) is 37.3 Å². The fourth-order valence-corrected chi connectivity index (χ4v) is 3.04. The van der Waals surface area contributed by atoms with Crippen LogP contribution in [0.25, 0.3) is 11.3 Å². The Hall–Kier alpha value is -1.37. The lowest BCUT2D eigenvalue weighted by Gasteiger charge is -2.34. The van der Waals surface area contributed by atoms with Crippen LogP contribution in [0.3, 0.4) is 0 Å². The van der Waals surface area contributed by atoms with Crippen LogP contribution in [0, 0.1) is 5.41 Å². The Morgan fingerprint density at radius 3 is 2.67 bits per heavy atom. The molecule has 0 N–H and O–H groups in total. The highest BCUT2D eigenvalue weighted by atomic mass is 79.9. The highest BCUT2D eigenvalue weighted by molar-refractivity contribution is 9.10. The van der Waals surface area contributed by atoms with Gasteiger partial charge in [0.15, 0.2) is 6.29 Å². The second-order valence-corrected chi connectivity index (χ2v) is 8.14. The number of hydrogen-bond donors (Lipinski definition) is 0. The van der Waals surface area contributed by atoms with E-state index in [2.05, 4.69) is 51.8 Å². The minimum atomic E-state index is -0.210. The van der Waals surface area contributed by atoms with Gasteiger partial charge in [-0.15, -0.1) is 0 Å². The smallest absolute Gasteiger partial charge is 0.175 e. The Morgan fingerprint density at radius 1 is 1.29 bits per heavy atom. The van der Waals surface area contributed by atoms with Gasteiger partial charge in [-0.2, -0.15) is 0 Å². The summed E-state index contributed by atoms with van der Waals surface area (Å²) < 4.78 is 14.7. The van der Waals surface area contributed by atoms with Crippen LogP contribution < -0.4 is 4.90 Å². The third-order valence-corrected chi connectivity index (χ3v) is 4.52. The molecule has 1 fully saturated rings. The van der Waals surface area contributed by atoms with Gasteiger partial charge in [-0.1, -0.05) is 29.8 Å². The fourth-order valence-electron chi connectivity index (χ4n) is 2.69. The molecule has 0 radical (unpaired) electrons. The van der Waals surface area contributed by atoms with E-state index in [4.69, 9.17) is 9.47 Å². The summed E-state index contributed by atoms with van der Waals surface area (Å²) in [4.78, 5) is 6.65. The van der Waals surface area contributed by atoms with E-state index in [0.717, 1.165) is 34.6 Å². The zero-order valence-corrected chi connectivity index (χ0v) is 16.2. The molecule has 1 aliphatic rings. The van der Waals surface area contributed by atoms with Crippen LogP contribution in [0.1, 0.15) is 13.8 Å². The highest BCUT2D eigenvalue weighted by Gasteiger charge is 2.28. The molecule has 0 bridgehead atoms. The molecule has 6 heteroatoms. The zero-order chi connectivity index (χ0) is 17.3. The van der Waals surface area contributed by atoms with Crippen molar-refractivity contribution in [2.24, 2.45) is 5.41 Å². The lowest BCUT2D eigenvalue weighted by atomic mass is 9.96. The van der Waals surface area contributed by atoms with Gasteiger partial charge < -0.3 is 18.9 Å². The summed E-state index contributed by atoms with van der Waals surface area (Å²) >= 11 is 3.53. The summed E-state index contributed by atoms with van der Waals surface area (Å²) in [7, 11) is 4.07. The normalized spacial score (nSPS) is 17.9. The number of rotatable bonds is 4. The van der Waals surface area contributed by atoms with Gasteiger partial charge in [-0.3, -0.25) is 0 Å². The van der Waals surface area contributed by atoms with Gasteiger partial charge in [0.25, 0.3) is 0 Å². The highest BCUT2D eigenvalue weighted by Crippen LogP contribution is 2.31. The second kappa shape index (κ2) is 6.86. The van der Waals surface area contributed by atoms with Gasteiger partial charge in [0.1, 0.15) is 0 Å². The van der Waals surface area contributed by atoms with Crippen molar-refractivity contribution in [3.63, 3.8) is 0 Å². The van der Waals surface area contributed by atoms with Gasteiger partial charge in [0.2, 0.25) is 0 Å². The third kappa shape index (κ3) is 3.99. The molecule has 5 nitrogen and oxygen atoms in total. The molecule has 2 aromatic rings. The molecule has 0 saturated carbocycles. The first-order valence-electron chi connectivity index (χ1n) is 8.06. The third-order valence-electron chi connectivity index (χ3n) is 4.03. The number of ether oxygens (including phenoxy) is 2. The molecular weight excluding hydrogens is 370 g/mol. The number of nitrogens with zero attached hydrogens (tertiary/aromatic N) is 3. The minimum absolute atomic E-state index is 0.0919. The van der Waals surface area contributed by atoms with Crippen LogP contribution >= 0.6 is 15.9 Å². The molecule has 0 spiro atoms. The topological polar surface area (TPSA) is 39.5 Å². The fraction of sp³-hybridized carbons (Fsp3) is 0.500. The van der Waals surface area contributed by atoms with Crippen molar-refractivity contribution >= 4 is 21.6 Å². The molecule has 1 aliphatic heterocycles. The van der Waals surface area contributed by atoms with Gasteiger partial charge >= 0.3 is 0 Å². The van der Waals surface area contributed by atoms with Gasteiger partial charge in [-0.05, 0) is 18.2 Å². The van der Waals surface area contributed by atoms with Crippen LogP contribution in [0.2, 0.25) is 0 Å². The Kier molecular flexibility index (Phi) is 4.99. The van der Waals surface area contributed by atoms with Crippen LogP contribution in [-0.4, -0.2) is 43.2 Å². The summed E-state index contributed by atoms with van der Waals surface area (Å²) in [5, 5.41) is 0. The molecule has 0 atom stereocenters. The minimum Gasteiger partial charge on any atom is -0.377 e. The van der Waals surface area contributed by atoms with Gasteiger partial charge in [0, 0.05) is 41.4 Å². The first-order valence-corrected chi connectivity index (χ1v) is 8.86. The van der Waals surface area contributed by atoms with Crippen molar-refractivity contribution in [3.05, 3.63) is 35.2 Å². The largest absolute Gasteiger partial charge is 0.377 e. The average Bonchev–Trinajstić information content (AvgIpc) is 2.97. The SMILES string of the molecule is CN(C)c1cc(Br)ccc1-c1cn(CC2OCC(C)(C)CO2)cn1. The van der Waals surface area contributed by atoms with E-state index in [9.17, 15) is 0 Å². The van der Waals surface area contributed by atoms with Crippen molar-refractivity contribution in [1.29, 1.82) is 0 Å². The van der Waals surface area contributed by atoms with E-state index in [-0.39, 0.29) is 11.7 Å². The Bertz CT molecular complexity index is 702. The summed E-state index contributed by atoms with van der Waals surface area (Å²) in [6, 6.07) is 6.23. The Balaban J connectivity index is 1.75. The Morgan fingerprint density at radius 2 is 2.00 bits per heavy atom. The zero-order valence-electron chi connectivity index (χ0n) is 14.6. The first kappa shape index (κ1) is 17.5. The maximum absolute atomic E-state index is 5.80. The van der Waals surface area contributed by atoms with Crippen LogP contribution in [-0.2, 0) is 16.0 Å².